The maximum absolute atomic E-state index is 12.7. The molecule has 0 spiro atoms. The SMILES string of the molecule is CC(NS(=O)(=O)c1cccc(Cl)c1)C(=O)OC(C)C(=O)N1C(C)CCCC1C. The number of amides is 1. The van der Waals surface area contributed by atoms with E-state index in [0.29, 0.717) is 0 Å². The minimum atomic E-state index is -3.95. The lowest BCUT2D eigenvalue weighted by Gasteiger charge is -2.40. The minimum Gasteiger partial charge on any atom is -0.451 e. The third-order valence-electron chi connectivity index (χ3n) is 4.88. The Kier molecular flexibility index (Phi) is 7.47. The highest BCUT2D eigenvalue weighted by Gasteiger charge is 2.34. The number of ether oxygens (including phenoxy) is 1. The largest absolute Gasteiger partial charge is 0.451 e. The van der Waals surface area contributed by atoms with Crippen LogP contribution >= 0.6 is 11.6 Å². The summed E-state index contributed by atoms with van der Waals surface area (Å²) in [7, 11) is -3.95. The normalized spacial score (nSPS) is 22.4. The van der Waals surface area contributed by atoms with Gasteiger partial charge in [-0.1, -0.05) is 17.7 Å². The Morgan fingerprint density at radius 2 is 1.82 bits per heavy atom. The van der Waals surface area contributed by atoms with E-state index in [1.54, 1.807) is 11.0 Å². The number of piperidine rings is 1. The summed E-state index contributed by atoms with van der Waals surface area (Å²) in [4.78, 5) is 26.7. The number of carbonyl (C=O) groups is 2. The zero-order valence-electron chi connectivity index (χ0n) is 16.5. The van der Waals surface area contributed by atoms with Gasteiger partial charge in [-0.2, -0.15) is 4.72 Å². The van der Waals surface area contributed by atoms with Crippen molar-refractivity contribution in [1.29, 1.82) is 0 Å². The van der Waals surface area contributed by atoms with Crippen LogP contribution in [0.4, 0.5) is 0 Å². The number of halogens is 1. The summed E-state index contributed by atoms with van der Waals surface area (Å²) in [5.74, 6) is -1.08. The van der Waals surface area contributed by atoms with Crippen LogP contribution in [0.1, 0.15) is 47.0 Å². The number of nitrogens with zero attached hydrogens (tertiary/aromatic N) is 1. The second kappa shape index (κ2) is 9.24. The quantitative estimate of drug-likeness (QED) is 0.700. The average molecular weight is 431 g/mol. The molecule has 28 heavy (non-hydrogen) atoms. The Hall–Kier alpha value is -1.64. The van der Waals surface area contributed by atoms with Gasteiger partial charge in [-0.15, -0.1) is 0 Å². The van der Waals surface area contributed by atoms with Gasteiger partial charge in [0.05, 0.1) is 4.90 Å². The van der Waals surface area contributed by atoms with Crippen LogP contribution < -0.4 is 4.72 Å². The van der Waals surface area contributed by atoms with Crippen LogP contribution in [-0.2, 0) is 24.3 Å². The van der Waals surface area contributed by atoms with Crippen LogP contribution in [0.3, 0.4) is 0 Å². The number of esters is 1. The third-order valence-corrected chi connectivity index (χ3v) is 6.65. The van der Waals surface area contributed by atoms with Crippen molar-refractivity contribution >= 4 is 33.5 Å². The van der Waals surface area contributed by atoms with E-state index >= 15 is 0 Å². The molecule has 1 aliphatic rings. The van der Waals surface area contributed by atoms with Crippen LogP contribution in [0.15, 0.2) is 29.2 Å². The second-order valence-electron chi connectivity index (χ2n) is 7.25. The van der Waals surface area contributed by atoms with E-state index in [-0.39, 0.29) is 27.9 Å². The van der Waals surface area contributed by atoms with Crippen molar-refractivity contribution < 1.29 is 22.7 Å². The predicted molar refractivity (Wildman–Crippen MR) is 106 cm³/mol. The van der Waals surface area contributed by atoms with E-state index < -0.39 is 28.1 Å². The zero-order chi connectivity index (χ0) is 21.1. The standard InChI is InChI=1S/C19H27ClN2O5S/c1-12-7-5-8-13(2)22(12)18(23)15(4)27-19(24)14(3)21-28(25,26)17-10-6-9-16(20)11-17/h6,9-15,21H,5,7-8H2,1-4H3. The topological polar surface area (TPSA) is 92.8 Å². The molecular weight excluding hydrogens is 404 g/mol. The molecule has 1 N–H and O–H groups in total. The lowest BCUT2D eigenvalue weighted by molar-refractivity contribution is -0.163. The first-order chi connectivity index (χ1) is 13.0. The molecule has 156 valence electrons. The van der Waals surface area contributed by atoms with Gasteiger partial charge in [-0.3, -0.25) is 9.59 Å². The van der Waals surface area contributed by atoms with Crippen LogP contribution in [0, 0.1) is 0 Å². The Bertz CT molecular complexity index is 819. The van der Waals surface area contributed by atoms with E-state index in [9.17, 15) is 18.0 Å². The van der Waals surface area contributed by atoms with Crippen molar-refractivity contribution in [3.8, 4) is 0 Å². The van der Waals surface area contributed by atoms with E-state index in [1.807, 2.05) is 13.8 Å². The number of rotatable bonds is 6. The summed E-state index contributed by atoms with van der Waals surface area (Å²) in [6, 6.07) is 4.71. The van der Waals surface area contributed by atoms with Gasteiger partial charge < -0.3 is 9.64 Å². The molecule has 4 atom stereocenters. The lowest BCUT2D eigenvalue weighted by atomic mass is 9.97. The van der Waals surface area contributed by atoms with Gasteiger partial charge in [0, 0.05) is 17.1 Å². The molecule has 7 nitrogen and oxygen atoms in total. The molecule has 9 heteroatoms. The summed E-state index contributed by atoms with van der Waals surface area (Å²) in [5, 5.41) is 0.266. The molecule has 1 saturated heterocycles. The fraction of sp³-hybridized carbons (Fsp3) is 0.579. The first-order valence-electron chi connectivity index (χ1n) is 9.33. The maximum atomic E-state index is 12.7. The first kappa shape index (κ1) is 22.6. The fourth-order valence-electron chi connectivity index (χ4n) is 3.38. The molecule has 1 heterocycles. The van der Waals surface area contributed by atoms with E-state index in [0.717, 1.165) is 19.3 Å². The molecule has 0 aromatic heterocycles. The molecule has 0 aliphatic carbocycles. The number of sulfonamides is 1. The number of hydrogen-bond donors (Lipinski definition) is 1. The molecule has 0 radical (unpaired) electrons. The van der Waals surface area contributed by atoms with Gasteiger partial charge in [-0.25, -0.2) is 8.42 Å². The van der Waals surface area contributed by atoms with Crippen molar-refractivity contribution in [1.82, 2.24) is 9.62 Å². The lowest BCUT2D eigenvalue weighted by Crippen LogP contribution is -2.52. The van der Waals surface area contributed by atoms with Crippen LogP contribution in [0.5, 0.6) is 0 Å². The number of hydrogen-bond acceptors (Lipinski definition) is 5. The Labute approximate surface area is 171 Å². The summed E-state index contributed by atoms with van der Waals surface area (Å²) >= 11 is 5.83. The Morgan fingerprint density at radius 1 is 1.21 bits per heavy atom. The highest BCUT2D eigenvalue weighted by molar-refractivity contribution is 7.89. The van der Waals surface area contributed by atoms with E-state index in [4.69, 9.17) is 16.3 Å². The molecule has 1 aromatic carbocycles. The maximum Gasteiger partial charge on any atom is 0.324 e. The smallest absolute Gasteiger partial charge is 0.324 e. The second-order valence-corrected chi connectivity index (χ2v) is 9.40. The molecule has 1 aliphatic heterocycles. The van der Waals surface area contributed by atoms with E-state index in [1.165, 1.54) is 32.0 Å². The molecule has 0 saturated carbocycles. The number of carbonyl (C=O) groups excluding carboxylic acids is 2. The van der Waals surface area contributed by atoms with Gasteiger partial charge >= 0.3 is 5.97 Å². The van der Waals surface area contributed by atoms with Crippen molar-refractivity contribution in [2.24, 2.45) is 0 Å². The average Bonchev–Trinajstić information content (AvgIpc) is 2.61. The fourth-order valence-corrected chi connectivity index (χ4v) is 4.87. The number of benzene rings is 1. The van der Waals surface area contributed by atoms with Gasteiger partial charge in [0.15, 0.2) is 6.10 Å². The predicted octanol–water partition coefficient (Wildman–Crippen LogP) is 2.73. The monoisotopic (exact) mass is 430 g/mol. The Balaban J connectivity index is 2.00. The van der Waals surface area contributed by atoms with Crippen molar-refractivity contribution in [2.45, 2.75) is 76.1 Å². The number of nitrogens with one attached hydrogen (secondary N) is 1. The van der Waals surface area contributed by atoms with Gasteiger partial charge in [0.1, 0.15) is 6.04 Å². The molecule has 2 rings (SSSR count). The number of likely N-dealkylation sites (tertiary alicyclic amines) is 1. The van der Waals surface area contributed by atoms with Crippen molar-refractivity contribution in [3.05, 3.63) is 29.3 Å². The molecule has 4 unspecified atom stereocenters. The Morgan fingerprint density at radius 3 is 2.39 bits per heavy atom. The van der Waals surface area contributed by atoms with Gasteiger partial charge in [0.25, 0.3) is 5.91 Å². The van der Waals surface area contributed by atoms with Crippen molar-refractivity contribution in [2.75, 3.05) is 0 Å². The van der Waals surface area contributed by atoms with Gasteiger partial charge in [0.2, 0.25) is 10.0 Å². The summed E-state index contributed by atoms with van der Waals surface area (Å²) in [5.41, 5.74) is 0. The highest BCUT2D eigenvalue weighted by atomic mass is 35.5. The summed E-state index contributed by atoms with van der Waals surface area (Å²) in [6.07, 6.45) is 1.88. The van der Waals surface area contributed by atoms with E-state index in [2.05, 4.69) is 4.72 Å². The molecular formula is C19H27ClN2O5S. The van der Waals surface area contributed by atoms with Gasteiger partial charge in [-0.05, 0) is 65.2 Å². The molecule has 0 bridgehead atoms. The van der Waals surface area contributed by atoms with Crippen LogP contribution in [-0.4, -0.2) is 49.4 Å². The molecule has 1 aromatic rings. The highest BCUT2D eigenvalue weighted by Crippen LogP contribution is 2.24. The van der Waals surface area contributed by atoms with Crippen LogP contribution in [0.25, 0.3) is 0 Å². The first-order valence-corrected chi connectivity index (χ1v) is 11.2. The minimum absolute atomic E-state index is 0.0558. The molecule has 1 amide bonds. The molecule has 1 fully saturated rings. The summed E-state index contributed by atoms with van der Waals surface area (Å²) in [6.45, 7) is 6.83. The van der Waals surface area contributed by atoms with Crippen LogP contribution in [0.2, 0.25) is 5.02 Å². The summed E-state index contributed by atoms with van der Waals surface area (Å²) < 4.78 is 32.3. The van der Waals surface area contributed by atoms with Crippen molar-refractivity contribution in [3.63, 3.8) is 0 Å². The zero-order valence-corrected chi connectivity index (χ0v) is 18.1. The third kappa shape index (κ3) is 5.46.